The van der Waals surface area contributed by atoms with E-state index < -0.39 is 5.97 Å². The number of hydrogen-bond acceptors (Lipinski definition) is 3. The van der Waals surface area contributed by atoms with Crippen molar-refractivity contribution >= 4 is 23.6 Å². The van der Waals surface area contributed by atoms with Crippen molar-refractivity contribution in [3.05, 3.63) is 70.8 Å². The maximum atomic E-state index is 11.3. The Morgan fingerprint density at radius 2 is 2.00 bits per heavy atom. The number of halogens is 1. The molecule has 0 radical (unpaired) electrons. The fraction of sp³-hybridized carbons (Fsp3) is 0.105. The molecule has 0 saturated heterocycles. The first kappa shape index (κ1) is 16.7. The Balaban J connectivity index is 1.96. The Morgan fingerprint density at radius 3 is 2.70 bits per heavy atom. The molecule has 0 heterocycles. The van der Waals surface area contributed by atoms with Crippen LogP contribution in [0.5, 0.6) is 5.75 Å². The van der Waals surface area contributed by atoms with Gasteiger partial charge in [0.2, 0.25) is 0 Å². The first-order valence-corrected chi connectivity index (χ1v) is 7.31. The van der Waals surface area contributed by atoms with Crippen LogP contribution in [0.25, 0.3) is 6.08 Å². The number of terminal acetylenes is 1. The average Bonchev–Trinajstić information content (AvgIpc) is 2.58. The van der Waals surface area contributed by atoms with Crippen LogP contribution in [0.15, 0.2) is 54.6 Å². The quantitative estimate of drug-likeness (QED) is 0.455. The monoisotopic (exact) mass is 326 g/mol. The maximum absolute atomic E-state index is 11.3. The van der Waals surface area contributed by atoms with E-state index in [-0.39, 0.29) is 6.61 Å². The summed E-state index contributed by atoms with van der Waals surface area (Å²) in [7, 11) is 0. The van der Waals surface area contributed by atoms with Gasteiger partial charge in [0.25, 0.3) is 0 Å². The summed E-state index contributed by atoms with van der Waals surface area (Å²) in [5.74, 6) is 2.32. The van der Waals surface area contributed by atoms with E-state index in [0.29, 0.717) is 17.4 Å². The Kier molecular flexibility index (Phi) is 6.28. The second-order valence-corrected chi connectivity index (χ2v) is 5.02. The van der Waals surface area contributed by atoms with Crippen LogP contribution < -0.4 is 4.74 Å². The number of hydrogen-bond donors (Lipinski definition) is 0. The number of rotatable bonds is 6. The molecule has 0 unspecified atom stereocenters. The zero-order chi connectivity index (χ0) is 16.5. The van der Waals surface area contributed by atoms with Crippen molar-refractivity contribution in [1.82, 2.24) is 0 Å². The molecule has 0 amide bonds. The third-order valence-corrected chi connectivity index (χ3v) is 3.20. The number of carbonyl (C=O) groups excluding carboxylic acids is 1. The van der Waals surface area contributed by atoms with E-state index in [1.54, 1.807) is 24.3 Å². The number of carbonyl (C=O) groups is 1. The van der Waals surface area contributed by atoms with Gasteiger partial charge in [-0.1, -0.05) is 53.9 Å². The van der Waals surface area contributed by atoms with Gasteiger partial charge in [0.1, 0.15) is 12.4 Å². The molecule has 4 heteroatoms. The van der Waals surface area contributed by atoms with E-state index in [9.17, 15) is 4.79 Å². The van der Waals surface area contributed by atoms with Gasteiger partial charge in [-0.2, -0.15) is 0 Å². The molecule has 116 valence electrons. The van der Waals surface area contributed by atoms with Crippen LogP contribution in [0.4, 0.5) is 0 Å². The normalized spacial score (nSPS) is 10.3. The summed E-state index contributed by atoms with van der Waals surface area (Å²) >= 11 is 6.19. The summed E-state index contributed by atoms with van der Waals surface area (Å²) < 4.78 is 10.4. The lowest BCUT2D eigenvalue weighted by Crippen LogP contribution is -1.99. The molecular weight excluding hydrogens is 312 g/mol. The minimum absolute atomic E-state index is 0.0454. The molecule has 23 heavy (non-hydrogen) atoms. The average molecular weight is 327 g/mol. The smallest absolute Gasteiger partial charge is 0.331 e. The van der Waals surface area contributed by atoms with Crippen molar-refractivity contribution in [2.45, 2.75) is 6.61 Å². The van der Waals surface area contributed by atoms with Gasteiger partial charge in [0, 0.05) is 6.08 Å². The molecule has 2 rings (SSSR count). The van der Waals surface area contributed by atoms with Crippen molar-refractivity contribution in [3.8, 4) is 18.1 Å². The number of esters is 1. The van der Waals surface area contributed by atoms with Crippen molar-refractivity contribution in [1.29, 1.82) is 0 Å². The summed E-state index contributed by atoms with van der Waals surface area (Å²) in [4.78, 5) is 11.3. The van der Waals surface area contributed by atoms with E-state index in [1.165, 1.54) is 6.08 Å². The molecule has 0 bridgehead atoms. The van der Waals surface area contributed by atoms with Crippen molar-refractivity contribution in [3.63, 3.8) is 0 Å². The highest BCUT2D eigenvalue weighted by molar-refractivity contribution is 6.32. The highest BCUT2D eigenvalue weighted by Crippen LogP contribution is 2.26. The summed E-state index contributed by atoms with van der Waals surface area (Å²) in [6.45, 7) is 0.393. The van der Waals surface area contributed by atoms with Crippen molar-refractivity contribution in [2.75, 3.05) is 6.61 Å². The molecule has 0 aromatic heterocycles. The topological polar surface area (TPSA) is 35.5 Å². The lowest BCUT2D eigenvalue weighted by Gasteiger charge is -2.08. The molecule has 0 aliphatic heterocycles. The van der Waals surface area contributed by atoms with Crippen LogP contribution in [-0.2, 0) is 16.1 Å². The van der Waals surface area contributed by atoms with Gasteiger partial charge in [-0.15, -0.1) is 6.42 Å². The molecule has 0 aliphatic rings. The third kappa shape index (κ3) is 5.54. The number of benzene rings is 2. The van der Waals surface area contributed by atoms with E-state index in [2.05, 4.69) is 5.92 Å². The molecule has 2 aromatic rings. The highest BCUT2D eigenvalue weighted by atomic mass is 35.5. The first-order chi connectivity index (χ1) is 11.2. The molecule has 0 aliphatic carbocycles. The zero-order valence-electron chi connectivity index (χ0n) is 12.4. The second kappa shape index (κ2) is 8.67. The van der Waals surface area contributed by atoms with Gasteiger partial charge in [-0.25, -0.2) is 4.79 Å². The maximum Gasteiger partial charge on any atom is 0.331 e. The van der Waals surface area contributed by atoms with Crippen LogP contribution >= 0.6 is 11.6 Å². The van der Waals surface area contributed by atoms with E-state index >= 15 is 0 Å². The molecule has 0 saturated carbocycles. The summed E-state index contributed by atoms with van der Waals surface area (Å²) in [6.07, 6.45) is 7.91. The van der Waals surface area contributed by atoms with E-state index in [0.717, 1.165) is 11.1 Å². The summed E-state index contributed by atoms with van der Waals surface area (Å²) in [5, 5.41) is 0.472. The predicted octanol–water partition coefficient (Wildman–Crippen LogP) is 4.11. The van der Waals surface area contributed by atoms with Gasteiger partial charge in [0.05, 0.1) is 5.02 Å². The second-order valence-electron chi connectivity index (χ2n) is 4.61. The fourth-order valence-electron chi connectivity index (χ4n) is 1.80. The van der Waals surface area contributed by atoms with E-state index in [1.807, 2.05) is 30.3 Å². The molecule has 0 fully saturated rings. The SMILES string of the molecule is C#CCOC(=O)/C=C/c1ccc(OCc2ccccc2)c(Cl)c1. The lowest BCUT2D eigenvalue weighted by atomic mass is 10.2. The molecule has 3 nitrogen and oxygen atoms in total. The van der Waals surface area contributed by atoms with Crippen molar-refractivity contribution < 1.29 is 14.3 Å². The minimum Gasteiger partial charge on any atom is -0.487 e. The first-order valence-electron chi connectivity index (χ1n) is 6.93. The predicted molar refractivity (Wildman–Crippen MR) is 91.1 cm³/mol. The highest BCUT2D eigenvalue weighted by Gasteiger charge is 2.03. The van der Waals surface area contributed by atoms with Crippen LogP contribution in [0.1, 0.15) is 11.1 Å². The lowest BCUT2D eigenvalue weighted by molar-refractivity contribution is -0.136. The van der Waals surface area contributed by atoms with Crippen LogP contribution in [0.2, 0.25) is 5.02 Å². The molecular formula is C19H15ClO3. The Morgan fingerprint density at radius 1 is 1.22 bits per heavy atom. The van der Waals surface area contributed by atoms with Gasteiger partial charge in [-0.3, -0.25) is 0 Å². The number of ether oxygens (including phenoxy) is 2. The molecule has 2 aromatic carbocycles. The van der Waals surface area contributed by atoms with Gasteiger partial charge in [0.15, 0.2) is 6.61 Å². The Bertz CT molecular complexity index is 730. The van der Waals surface area contributed by atoms with Crippen LogP contribution in [0, 0.1) is 12.3 Å². The van der Waals surface area contributed by atoms with Gasteiger partial charge < -0.3 is 9.47 Å². The Hall–Kier alpha value is -2.70. The van der Waals surface area contributed by atoms with Crippen LogP contribution in [-0.4, -0.2) is 12.6 Å². The largest absolute Gasteiger partial charge is 0.487 e. The molecule has 0 N–H and O–H groups in total. The third-order valence-electron chi connectivity index (χ3n) is 2.90. The van der Waals surface area contributed by atoms with Crippen LogP contribution in [0.3, 0.4) is 0 Å². The summed E-state index contributed by atoms with van der Waals surface area (Å²) in [6, 6.07) is 15.1. The molecule has 0 atom stereocenters. The van der Waals surface area contributed by atoms with Gasteiger partial charge in [-0.05, 0) is 29.3 Å². The van der Waals surface area contributed by atoms with E-state index in [4.69, 9.17) is 27.5 Å². The van der Waals surface area contributed by atoms with Gasteiger partial charge >= 0.3 is 5.97 Å². The summed E-state index contributed by atoms with van der Waals surface area (Å²) in [5.41, 5.74) is 1.82. The Labute approximate surface area is 140 Å². The van der Waals surface area contributed by atoms with Crippen molar-refractivity contribution in [2.24, 2.45) is 0 Å². The minimum atomic E-state index is -0.497. The standard InChI is InChI=1S/C19H15ClO3/c1-2-12-22-19(21)11-9-15-8-10-18(17(20)13-15)23-14-16-6-4-3-5-7-16/h1,3-11,13H,12,14H2/b11-9+. The zero-order valence-corrected chi connectivity index (χ0v) is 13.1. The fourth-order valence-corrected chi connectivity index (χ4v) is 2.04. The molecule has 0 spiro atoms.